The number of para-hydroxylation sites is 1. The van der Waals surface area contributed by atoms with Crippen LogP contribution in [0.4, 0.5) is 4.79 Å². The van der Waals surface area contributed by atoms with E-state index in [1.54, 1.807) is 6.07 Å². The molecule has 7 heteroatoms. The third-order valence-electron chi connectivity index (χ3n) is 5.73. The summed E-state index contributed by atoms with van der Waals surface area (Å²) in [5.74, 6) is -0.154. The van der Waals surface area contributed by atoms with E-state index in [4.69, 9.17) is 9.47 Å². The van der Waals surface area contributed by atoms with E-state index in [1.807, 2.05) is 36.4 Å². The summed E-state index contributed by atoms with van der Waals surface area (Å²) in [5, 5.41) is 33.3. The number of amides is 1. The molecular weight excluding hydrogens is 410 g/mol. The molecular formula is C25H25NO6. The highest BCUT2D eigenvalue weighted by molar-refractivity contribution is 5.79. The molecule has 1 aliphatic rings. The summed E-state index contributed by atoms with van der Waals surface area (Å²) in [6.07, 6.45) is -3.47. The second kappa shape index (κ2) is 9.30. The molecule has 0 radical (unpaired) electrons. The monoisotopic (exact) mass is 435 g/mol. The van der Waals surface area contributed by atoms with Gasteiger partial charge in [0.2, 0.25) is 0 Å². The summed E-state index contributed by atoms with van der Waals surface area (Å²) in [6.45, 7) is -0.107. The first kappa shape index (κ1) is 21.7. The second-order valence-corrected chi connectivity index (χ2v) is 7.62. The van der Waals surface area contributed by atoms with Crippen molar-refractivity contribution >= 4 is 6.09 Å². The number of aliphatic hydroxyl groups is 2. The Morgan fingerprint density at radius 1 is 0.969 bits per heavy atom. The summed E-state index contributed by atoms with van der Waals surface area (Å²) >= 11 is 0. The number of hydrogen-bond donors (Lipinski definition) is 4. The summed E-state index contributed by atoms with van der Waals surface area (Å²) in [5.41, 5.74) is 4.57. The number of rotatable bonds is 7. The van der Waals surface area contributed by atoms with E-state index in [1.165, 1.54) is 19.2 Å². The predicted octanol–water partition coefficient (Wildman–Crippen LogP) is 3.33. The highest BCUT2D eigenvalue weighted by Crippen LogP contribution is 2.44. The summed E-state index contributed by atoms with van der Waals surface area (Å²) in [7, 11) is 1.39. The Kier molecular flexibility index (Phi) is 6.30. The van der Waals surface area contributed by atoms with Gasteiger partial charge in [-0.1, -0.05) is 60.7 Å². The highest BCUT2D eigenvalue weighted by Gasteiger charge is 2.29. The average Bonchev–Trinajstić information content (AvgIpc) is 3.14. The van der Waals surface area contributed by atoms with E-state index >= 15 is 0 Å². The largest absolute Gasteiger partial charge is 0.504 e. The van der Waals surface area contributed by atoms with Crippen LogP contribution in [0.3, 0.4) is 0 Å². The smallest absolute Gasteiger partial charge is 0.407 e. The van der Waals surface area contributed by atoms with Gasteiger partial charge in [-0.2, -0.15) is 0 Å². The highest BCUT2D eigenvalue weighted by atomic mass is 16.5. The van der Waals surface area contributed by atoms with Crippen LogP contribution in [0.5, 0.6) is 11.5 Å². The van der Waals surface area contributed by atoms with Crippen molar-refractivity contribution in [2.45, 2.75) is 18.1 Å². The Morgan fingerprint density at radius 2 is 1.59 bits per heavy atom. The van der Waals surface area contributed by atoms with Crippen molar-refractivity contribution < 1.29 is 29.6 Å². The normalized spacial score (nSPS) is 14.2. The van der Waals surface area contributed by atoms with Crippen molar-refractivity contribution in [2.75, 3.05) is 20.3 Å². The van der Waals surface area contributed by atoms with Crippen molar-refractivity contribution in [3.05, 3.63) is 83.4 Å². The maximum atomic E-state index is 12.3. The number of fused-ring (bicyclic) bond motifs is 3. The molecule has 3 aromatic rings. The maximum Gasteiger partial charge on any atom is 0.407 e. The summed E-state index contributed by atoms with van der Waals surface area (Å²) in [6, 6.07) is 20.7. The third-order valence-corrected chi connectivity index (χ3v) is 5.73. The first-order valence-electron chi connectivity index (χ1n) is 10.3. The third kappa shape index (κ3) is 4.12. The molecule has 1 amide bonds. The van der Waals surface area contributed by atoms with E-state index in [9.17, 15) is 20.1 Å². The number of phenols is 1. The quantitative estimate of drug-likeness (QED) is 0.453. The van der Waals surface area contributed by atoms with E-state index in [0.717, 1.165) is 22.3 Å². The van der Waals surface area contributed by atoms with Gasteiger partial charge in [0.05, 0.1) is 7.11 Å². The van der Waals surface area contributed by atoms with E-state index in [-0.39, 0.29) is 36.1 Å². The molecule has 1 aliphatic carbocycles. The number of carbonyl (C=O) groups is 1. The zero-order valence-electron chi connectivity index (χ0n) is 17.6. The van der Waals surface area contributed by atoms with Crippen molar-refractivity contribution in [3.63, 3.8) is 0 Å². The SMILES string of the molecule is COc1cccc(C(O)C(O)CNC(=O)OCC2c3ccccc3-c3ccccc32)c1O. The number of ether oxygens (including phenoxy) is 2. The molecule has 2 unspecified atom stereocenters. The van der Waals surface area contributed by atoms with E-state index in [2.05, 4.69) is 17.4 Å². The zero-order valence-corrected chi connectivity index (χ0v) is 17.6. The number of aliphatic hydroxyl groups excluding tert-OH is 2. The van der Waals surface area contributed by atoms with Crippen LogP contribution in [-0.4, -0.2) is 47.8 Å². The molecule has 32 heavy (non-hydrogen) atoms. The number of carbonyl (C=O) groups excluding carboxylic acids is 1. The van der Waals surface area contributed by atoms with Crippen molar-refractivity contribution in [1.29, 1.82) is 0 Å². The zero-order chi connectivity index (χ0) is 22.7. The number of aromatic hydroxyl groups is 1. The van der Waals surface area contributed by atoms with Crippen LogP contribution in [0.1, 0.15) is 28.7 Å². The van der Waals surface area contributed by atoms with Gasteiger partial charge < -0.3 is 30.1 Å². The average molecular weight is 435 g/mol. The lowest BCUT2D eigenvalue weighted by atomic mass is 9.98. The van der Waals surface area contributed by atoms with Crippen LogP contribution in [0, 0.1) is 0 Å². The number of nitrogens with one attached hydrogen (secondary N) is 1. The molecule has 4 N–H and O–H groups in total. The Bertz CT molecular complexity index is 1070. The minimum atomic E-state index is -1.42. The first-order chi connectivity index (χ1) is 15.5. The molecule has 0 fully saturated rings. The first-order valence-corrected chi connectivity index (χ1v) is 10.3. The van der Waals surface area contributed by atoms with Crippen LogP contribution in [0.15, 0.2) is 66.7 Å². The Hall–Kier alpha value is -3.55. The van der Waals surface area contributed by atoms with Gasteiger partial charge in [-0.15, -0.1) is 0 Å². The minimum absolute atomic E-state index is 0.0719. The Labute approximate surface area is 185 Å². The number of phenolic OH excluding ortho intramolecular Hbond substituents is 1. The molecule has 3 aromatic carbocycles. The molecule has 166 valence electrons. The molecule has 7 nitrogen and oxygen atoms in total. The number of alkyl carbamates (subject to hydrolysis) is 1. The van der Waals surface area contributed by atoms with Crippen molar-refractivity contribution in [2.24, 2.45) is 0 Å². The fourth-order valence-electron chi connectivity index (χ4n) is 4.10. The van der Waals surface area contributed by atoms with Gasteiger partial charge in [-0.3, -0.25) is 0 Å². The summed E-state index contributed by atoms with van der Waals surface area (Å²) < 4.78 is 10.4. The van der Waals surface area contributed by atoms with Crippen LogP contribution in [0.25, 0.3) is 11.1 Å². The number of methoxy groups -OCH3 is 1. The van der Waals surface area contributed by atoms with Gasteiger partial charge >= 0.3 is 6.09 Å². The lowest BCUT2D eigenvalue weighted by Crippen LogP contribution is -2.36. The lowest BCUT2D eigenvalue weighted by Gasteiger charge is -2.20. The molecule has 0 spiro atoms. The number of hydrogen-bond acceptors (Lipinski definition) is 6. The fourth-order valence-corrected chi connectivity index (χ4v) is 4.10. The predicted molar refractivity (Wildman–Crippen MR) is 119 cm³/mol. The number of benzene rings is 3. The van der Waals surface area contributed by atoms with Crippen LogP contribution in [-0.2, 0) is 4.74 Å². The fraction of sp³-hybridized carbons (Fsp3) is 0.240. The molecule has 0 bridgehead atoms. The van der Waals surface area contributed by atoms with Gasteiger partial charge in [0, 0.05) is 18.0 Å². The standard InChI is InChI=1S/C25H25NO6/c1-31-22-12-6-11-19(24(22)29)23(28)21(27)13-26-25(30)32-14-20-17-9-4-2-7-15(17)16-8-3-5-10-18(16)20/h2-12,20-21,23,27-29H,13-14H2,1H3,(H,26,30). The molecule has 4 rings (SSSR count). The van der Waals surface area contributed by atoms with Crippen LogP contribution < -0.4 is 10.1 Å². The van der Waals surface area contributed by atoms with Crippen molar-refractivity contribution in [1.82, 2.24) is 5.32 Å². The minimum Gasteiger partial charge on any atom is -0.504 e. The Morgan fingerprint density at radius 3 is 2.22 bits per heavy atom. The van der Waals surface area contributed by atoms with Gasteiger partial charge in [0.15, 0.2) is 11.5 Å². The maximum absolute atomic E-state index is 12.3. The summed E-state index contributed by atoms with van der Waals surface area (Å²) in [4.78, 5) is 12.3. The molecule has 2 atom stereocenters. The molecule has 0 heterocycles. The van der Waals surface area contributed by atoms with E-state index in [0.29, 0.717) is 0 Å². The van der Waals surface area contributed by atoms with Gasteiger partial charge in [-0.25, -0.2) is 4.79 Å². The van der Waals surface area contributed by atoms with Gasteiger partial charge in [-0.05, 0) is 28.3 Å². The van der Waals surface area contributed by atoms with Gasteiger partial charge in [0.25, 0.3) is 0 Å². The topological polar surface area (TPSA) is 108 Å². The van der Waals surface area contributed by atoms with Gasteiger partial charge in [0.1, 0.15) is 18.8 Å². The van der Waals surface area contributed by atoms with E-state index < -0.39 is 18.3 Å². The van der Waals surface area contributed by atoms with Crippen molar-refractivity contribution in [3.8, 4) is 22.6 Å². The molecule has 0 aliphatic heterocycles. The lowest BCUT2D eigenvalue weighted by molar-refractivity contribution is 0.0171. The molecule has 0 saturated carbocycles. The van der Waals surface area contributed by atoms with Crippen LogP contribution in [0.2, 0.25) is 0 Å². The van der Waals surface area contributed by atoms with Crippen LogP contribution >= 0.6 is 0 Å². The Balaban J connectivity index is 1.35. The molecule has 0 aromatic heterocycles. The second-order valence-electron chi connectivity index (χ2n) is 7.62. The molecule has 0 saturated heterocycles.